The van der Waals surface area contributed by atoms with E-state index >= 15 is 0 Å². The smallest absolute Gasteiger partial charge is 0.417 e. The van der Waals surface area contributed by atoms with Gasteiger partial charge in [0.25, 0.3) is 0 Å². The zero-order valence-electron chi connectivity index (χ0n) is 10.1. The van der Waals surface area contributed by atoms with Crippen molar-refractivity contribution in [2.45, 2.75) is 6.18 Å². The second-order valence-corrected chi connectivity index (χ2v) is 4.00. The SMILES string of the molecule is O=C([O-])Nc1ccccc1-c1ccccc1C(F)(F)F. The highest BCUT2D eigenvalue weighted by molar-refractivity contribution is 5.90. The van der Waals surface area contributed by atoms with Gasteiger partial charge in [0.1, 0.15) is 6.09 Å². The van der Waals surface area contributed by atoms with Gasteiger partial charge in [-0.2, -0.15) is 13.2 Å². The topological polar surface area (TPSA) is 52.2 Å². The fourth-order valence-corrected chi connectivity index (χ4v) is 1.90. The number of halogens is 3. The van der Waals surface area contributed by atoms with Crippen molar-refractivity contribution in [2.75, 3.05) is 5.32 Å². The summed E-state index contributed by atoms with van der Waals surface area (Å²) < 4.78 is 38.9. The number of carbonyl (C=O) groups is 1. The number of hydrogen-bond acceptors (Lipinski definition) is 2. The summed E-state index contributed by atoms with van der Waals surface area (Å²) in [6.07, 6.45) is -6.10. The van der Waals surface area contributed by atoms with Gasteiger partial charge in [-0.15, -0.1) is 0 Å². The minimum Gasteiger partial charge on any atom is -0.530 e. The van der Waals surface area contributed by atoms with E-state index < -0.39 is 17.8 Å². The van der Waals surface area contributed by atoms with Crippen molar-refractivity contribution in [3.63, 3.8) is 0 Å². The molecule has 0 aliphatic heterocycles. The molecule has 0 aliphatic rings. The number of amides is 1. The van der Waals surface area contributed by atoms with E-state index in [1.807, 2.05) is 5.32 Å². The monoisotopic (exact) mass is 280 g/mol. The van der Waals surface area contributed by atoms with Crippen molar-refractivity contribution in [1.82, 2.24) is 0 Å². The van der Waals surface area contributed by atoms with Gasteiger partial charge in [-0.05, 0) is 17.7 Å². The van der Waals surface area contributed by atoms with Gasteiger partial charge < -0.3 is 15.2 Å². The van der Waals surface area contributed by atoms with Crippen LogP contribution in [0.25, 0.3) is 11.1 Å². The molecule has 3 nitrogen and oxygen atoms in total. The van der Waals surface area contributed by atoms with Crippen molar-refractivity contribution in [2.24, 2.45) is 0 Å². The highest BCUT2D eigenvalue weighted by Crippen LogP contribution is 2.39. The maximum Gasteiger partial charge on any atom is 0.417 e. The van der Waals surface area contributed by atoms with E-state index in [0.717, 1.165) is 6.07 Å². The van der Waals surface area contributed by atoms with Crippen LogP contribution in [0.4, 0.5) is 23.7 Å². The van der Waals surface area contributed by atoms with Gasteiger partial charge in [-0.3, -0.25) is 0 Å². The molecule has 2 aromatic rings. The Morgan fingerprint density at radius 3 is 2.10 bits per heavy atom. The summed E-state index contributed by atoms with van der Waals surface area (Å²) in [5.74, 6) is 0. The highest BCUT2D eigenvalue weighted by Gasteiger charge is 2.33. The van der Waals surface area contributed by atoms with E-state index in [-0.39, 0.29) is 16.8 Å². The van der Waals surface area contributed by atoms with Crippen LogP contribution >= 0.6 is 0 Å². The van der Waals surface area contributed by atoms with Crippen molar-refractivity contribution < 1.29 is 23.1 Å². The fourth-order valence-electron chi connectivity index (χ4n) is 1.90. The molecule has 0 radical (unpaired) electrons. The van der Waals surface area contributed by atoms with Gasteiger partial charge in [-0.1, -0.05) is 36.4 Å². The van der Waals surface area contributed by atoms with Crippen molar-refractivity contribution in [3.8, 4) is 11.1 Å². The first kappa shape index (κ1) is 13.9. The van der Waals surface area contributed by atoms with E-state index in [1.54, 1.807) is 0 Å². The molecule has 1 amide bonds. The first-order chi connectivity index (χ1) is 9.39. The van der Waals surface area contributed by atoms with Crippen LogP contribution in [0, 0.1) is 0 Å². The average Bonchev–Trinajstić information content (AvgIpc) is 2.38. The molecule has 0 atom stereocenters. The third-order valence-corrected chi connectivity index (χ3v) is 2.69. The molecule has 104 valence electrons. The maximum atomic E-state index is 13.0. The number of carbonyl (C=O) groups excluding carboxylic acids is 1. The van der Waals surface area contributed by atoms with Crippen LogP contribution < -0.4 is 10.4 Å². The molecule has 0 aliphatic carbocycles. The Balaban J connectivity index is 2.61. The molecule has 0 aromatic heterocycles. The van der Waals surface area contributed by atoms with Crippen LogP contribution in [0.5, 0.6) is 0 Å². The van der Waals surface area contributed by atoms with Crippen molar-refractivity contribution in [3.05, 3.63) is 54.1 Å². The molecule has 0 spiro atoms. The first-order valence-corrected chi connectivity index (χ1v) is 5.63. The van der Waals surface area contributed by atoms with E-state index in [4.69, 9.17) is 0 Å². The number of alkyl halides is 3. The molecule has 0 saturated heterocycles. The third-order valence-electron chi connectivity index (χ3n) is 2.69. The molecule has 0 unspecified atom stereocenters. The fraction of sp³-hybridized carbons (Fsp3) is 0.0714. The molecular weight excluding hydrogens is 271 g/mol. The Morgan fingerprint density at radius 2 is 1.50 bits per heavy atom. The minimum atomic E-state index is -4.52. The normalized spacial score (nSPS) is 11.2. The first-order valence-electron chi connectivity index (χ1n) is 5.63. The highest BCUT2D eigenvalue weighted by atomic mass is 19.4. The van der Waals surface area contributed by atoms with Gasteiger partial charge in [0.15, 0.2) is 0 Å². The van der Waals surface area contributed by atoms with Crippen LogP contribution in [0.1, 0.15) is 5.56 Å². The summed E-state index contributed by atoms with van der Waals surface area (Å²) in [6, 6.07) is 10.8. The number of para-hydroxylation sites is 1. The molecule has 0 saturated carbocycles. The molecule has 2 rings (SSSR count). The Bertz CT molecular complexity index is 638. The lowest BCUT2D eigenvalue weighted by atomic mass is 9.98. The number of carboxylic acid groups (broad SMARTS) is 1. The summed E-state index contributed by atoms with van der Waals surface area (Å²) >= 11 is 0. The van der Waals surface area contributed by atoms with E-state index in [9.17, 15) is 23.1 Å². The number of rotatable bonds is 2. The van der Waals surface area contributed by atoms with E-state index in [0.29, 0.717) is 0 Å². The predicted octanol–water partition coefficient (Wildman–Crippen LogP) is 3.13. The Labute approximate surface area is 112 Å². The molecule has 20 heavy (non-hydrogen) atoms. The predicted molar refractivity (Wildman–Crippen MR) is 65.9 cm³/mol. The summed E-state index contributed by atoms with van der Waals surface area (Å²) in [4.78, 5) is 10.6. The van der Waals surface area contributed by atoms with Crippen LogP contribution in [0.15, 0.2) is 48.5 Å². The van der Waals surface area contributed by atoms with E-state index in [1.165, 1.54) is 42.5 Å². The van der Waals surface area contributed by atoms with E-state index in [2.05, 4.69) is 0 Å². The minimum absolute atomic E-state index is 0.0456. The molecule has 0 heterocycles. The lowest BCUT2D eigenvalue weighted by Gasteiger charge is -2.16. The second-order valence-electron chi connectivity index (χ2n) is 4.00. The van der Waals surface area contributed by atoms with Gasteiger partial charge in [-0.25, -0.2) is 0 Å². The molecule has 2 aromatic carbocycles. The largest absolute Gasteiger partial charge is 0.530 e. The quantitative estimate of drug-likeness (QED) is 0.918. The Hall–Kier alpha value is -2.50. The number of benzene rings is 2. The standard InChI is InChI=1S/C14H10F3NO2/c15-14(16,17)11-7-3-1-5-9(11)10-6-2-4-8-12(10)18-13(19)20/h1-8,18H,(H,19,20)/p-1. The van der Waals surface area contributed by atoms with Crippen molar-refractivity contribution in [1.29, 1.82) is 0 Å². The van der Waals surface area contributed by atoms with Gasteiger partial charge in [0.05, 0.1) is 5.56 Å². The van der Waals surface area contributed by atoms with Crippen LogP contribution in [-0.2, 0) is 6.18 Å². The molecule has 1 N–H and O–H groups in total. The molecule has 0 fully saturated rings. The third kappa shape index (κ3) is 2.90. The second kappa shape index (κ2) is 5.24. The Kier molecular flexibility index (Phi) is 3.65. The average molecular weight is 280 g/mol. The molecule has 0 bridgehead atoms. The zero-order valence-corrected chi connectivity index (χ0v) is 10.1. The lowest BCUT2D eigenvalue weighted by Crippen LogP contribution is -2.29. The van der Waals surface area contributed by atoms with Gasteiger partial charge >= 0.3 is 6.18 Å². The summed E-state index contributed by atoms with van der Waals surface area (Å²) in [6.45, 7) is 0. The lowest BCUT2D eigenvalue weighted by molar-refractivity contribution is -0.242. The number of hydrogen-bond donors (Lipinski definition) is 1. The number of nitrogens with one attached hydrogen (secondary N) is 1. The summed E-state index contributed by atoms with van der Waals surface area (Å²) in [7, 11) is 0. The van der Waals surface area contributed by atoms with Crippen LogP contribution in [0.2, 0.25) is 0 Å². The molecule has 6 heteroatoms. The summed E-state index contributed by atoms with van der Waals surface area (Å²) in [5, 5.41) is 12.6. The maximum absolute atomic E-state index is 13.0. The summed E-state index contributed by atoms with van der Waals surface area (Å²) in [5.41, 5.74) is -0.731. The number of anilines is 1. The van der Waals surface area contributed by atoms with Gasteiger partial charge in [0.2, 0.25) is 0 Å². The molecular formula is C14H9F3NO2-. The van der Waals surface area contributed by atoms with Gasteiger partial charge in [0, 0.05) is 11.3 Å². The Morgan fingerprint density at radius 1 is 0.950 bits per heavy atom. The van der Waals surface area contributed by atoms with Crippen molar-refractivity contribution >= 4 is 11.8 Å². The zero-order chi connectivity index (χ0) is 14.8. The van der Waals surface area contributed by atoms with Crippen LogP contribution in [0.3, 0.4) is 0 Å². The van der Waals surface area contributed by atoms with Crippen LogP contribution in [-0.4, -0.2) is 6.09 Å².